The van der Waals surface area contributed by atoms with Crippen LogP contribution in [0, 0.1) is 6.92 Å². The van der Waals surface area contributed by atoms with Gasteiger partial charge in [0.05, 0.1) is 6.26 Å². The van der Waals surface area contributed by atoms with Gasteiger partial charge in [-0.05, 0) is 50.9 Å². The largest absolute Gasteiger partial charge is 0.464 e. The lowest BCUT2D eigenvalue weighted by atomic mass is 9.89. The smallest absolute Gasteiger partial charge is 0.235 e. The number of nitrogens with zero attached hydrogens (tertiary/aromatic N) is 1. The topological polar surface area (TPSA) is 71.5 Å². The van der Waals surface area contributed by atoms with Crippen LogP contribution in [0.2, 0.25) is 0 Å². The fourth-order valence-corrected chi connectivity index (χ4v) is 3.28. The van der Waals surface area contributed by atoms with Gasteiger partial charge in [0.2, 0.25) is 5.91 Å². The molecule has 2 aromatic rings. The molecular formula is C17H23N3O2. The molecule has 0 aliphatic carbocycles. The standard InChI is InChI=1S/C17H23N3O2/c1-12-2-3-16-14(10-12)15(11-22-16)13-4-7-20(8-5-13)9-6-17(21)19-18/h2-3,10-11,13H,4-9,18H2,1H3,(H,19,21). The maximum Gasteiger partial charge on any atom is 0.235 e. The predicted octanol–water partition coefficient (Wildman–Crippen LogP) is 2.30. The summed E-state index contributed by atoms with van der Waals surface area (Å²) in [5.74, 6) is 5.56. The third-order valence-corrected chi connectivity index (χ3v) is 4.60. The highest BCUT2D eigenvalue weighted by Gasteiger charge is 2.23. The number of nitrogens with one attached hydrogen (secondary N) is 1. The number of likely N-dealkylation sites (tertiary alicyclic amines) is 1. The Kier molecular flexibility index (Phi) is 4.45. The van der Waals surface area contributed by atoms with Crippen LogP contribution in [0.25, 0.3) is 11.0 Å². The maximum atomic E-state index is 11.2. The molecule has 3 N–H and O–H groups in total. The zero-order chi connectivity index (χ0) is 15.5. The molecule has 1 amide bonds. The molecule has 2 heterocycles. The maximum absolute atomic E-state index is 11.2. The van der Waals surface area contributed by atoms with Crippen LogP contribution in [0.4, 0.5) is 0 Å². The molecule has 1 aromatic carbocycles. The molecule has 118 valence electrons. The number of hydrogen-bond donors (Lipinski definition) is 2. The number of nitrogens with two attached hydrogens (primary N) is 1. The lowest BCUT2D eigenvalue weighted by molar-refractivity contribution is -0.121. The minimum Gasteiger partial charge on any atom is -0.464 e. The normalized spacial score (nSPS) is 17.0. The van der Waals surface area contributed by atoms with Gasteiger partial charge in [-0.2, -0.15) is 0 Å². The van der Waals surface area contributed by atoms with E-state index in [0.29, 0.717) is 12.3 Å². The summed E-state index contributed by atoms with van der Waals surface area (Å²) in [6.45, 7) is 4.92. The van der Waals surface area contributed by atoms with E-state index in [1.165, 1.54) is 16.5 Å². The molecule has 1 fully saturated rings. The molecule has 1 saturated heterocycles. The van der Waals surface area contributed by atoms with Crippen LogP contribution in [0.1, 0.15) is 36.3 Å². The van der Waals surface area contributed by atoms with E-state index in [-0.39, 0.29) is 5.91 Å². The Morgan fingerprint density at radius 3 is 2.91 bits per heavy atom. The number of carbonyl (C=O) groups is 1. The average Bonchev–Trinajstić information content (AvgIpc) is 2.96. The molecule has 0 radical (unpaired) electrons. The Balaban J connectivity index is 1.63. The van der Waals surface area contributed by atoms with Gasteiger partial charge in [0.15, 0.2) is 0 Å². The highest BCUT2D eigenvalue weighted by atomic mass is 16.3. The van der Waals surface area contributed by atoms with E-state index in [1.807, 2.05) is 6.26 Å². The molecule has 1 aliphatic rings. The second-order valence-corrected chi connectivity index (χ2v) is 6.12. The van der Waals surface area contributed by atoms with Crippen molar-refractivity contribution >= 4 is 16.9 Å². The summed E-state index contributed by atoms with van der Waals surface area (Å²) in [6.07, 6.45) is 4.60. The first kappa shape index (κ1) is 15.1. The summed E-state index contributed by atoms with van der Waals surface area (Å²) in [5.41, 5.74) is 5.75. The molecule has 3 rings (SSSR count). The molecule has 5 nitrogen and oxygen atoms in total. The first-order valence-corrected chi connectivity index (χ1v) is 7.87. The number of hydrazine groups is 1. The number of furan rings is 1. The number of rotatable bonds is 4. The number of aryl methyl sites for hydroxylation is 1. The van der Waals surface area contributed by atoms with Crippen molar-refractivity contribution in [1.82, 2.24) is 10.3 Å². The van der Waals surface area contributed by atoms with Gasteiger partial charge in [0.1, 0.15) is 5.58 Å². The quantitative estimate of drug-likeness (QED) is 0.516. The van der Waals surface area contributed by atoms with Crippen molar-refractivity contribution in [3.63, 3.8) is 0 Å². The number of carbonyl (C=O) groups excluding carboxylic acids is 1. The van der Waals surface area contributed by atoms with Crippen molar-refractivity contribution in [2.24, 2.45) is 5.84 Å². The molecule has 0 spiro atoms. The van der Waals surface area contributed by atoms with Gasteiger partial charge in [0, 0.05) is 23.9 Å². The fourth-order valence-electron chi connectivity index (χ4n) is 3.28. The van der Waals surface area contributed by atoms with Crippen LogP contribution in [0.5, 0.6) is 0 Å². The number of benzene rings is 1. The van der Waals surface area contributed by atoms with Crippen molar-refractivity contribution in [1.29, 1.82) is 0 Å². The Labute approximate surface area is 130 Å². The van der Waals surface area contributed by atoms with Crippen LogP contribution in [0.3, 0.4) is 0 Å². The molecule has 1 aliphatic heterocycles. The van der Waals surface area contributed by atoms with Gasteiger partial charge in [-0.25, -0.2) is 5.84 Å². The van der Waals surface area contributed by atoms with Crippen LogP contribution >= 0.6 is 0 Å². The van der Waals surface area contributed by atoms with Crippen LogP contribution in [0.15, 0.2) is 28.9 Å². The van der Waals surface area contributed by atoms with Crippen molar-refractivity contribution in [2.45, 2.75) is 32.1 Å². The Hall–Kier alpha value is -1.85. The second kappa shape index (κ2) is 6.50. The van der Waals surface area contributed by atoms with E-state index >= 15 is 0 Å². The number of piperidine rings is 1. The molecule has 5 heteroatoms. The van der Waals surface area contributed by atoms with E-state index in [2.05, 4.69) is 35.4 Å². The van der Waals surface area contributed by atoms with Crippen molar-refractivity contribution < 1.29 is 9.21 Å². The Bertz CT molecular complexity index is 657. The SMILES string of the molecule is Cc1ccc2occ(C3CCN(CCC(=O)NN)CC3)c2c1. The van der Waals surface area contributed by atoms with Gasteiger partial charge in [-0.3, -0.25) is 10.2 Å². The molecule has 22 heavy (non-hydrogen) atoms. The third-order valence-electron chi connectivity index (χ3n) is 4.60. The van der Waals surface area contributed by atoms with E-state index in [4.69, 9.17) is 10.3 Å². The summed E-state index contributed by atoms with van der Waals surface area (Å²) in [5, 5.41) is 1.25. The van der Waals surface area contributed by atoms with E-state index in [1.54, 1.807) is 0 Å². The number of fused-ring (bicyclic) bond motifs is 1. The zero-order valence-electron chi connectivity index (χ0n) is 13.0. The summed E-state index contributed by atoms with van der Waals surface area (Å²) >= 11 is 0. The summed E-state index contributed by atoms with van der Waals surface area (Å²) in [7, 11) is 0. The Morgan fingerprint density at radius 1 is 1.41 bits per heavy atom. The minimum atomic E-state index is -0.0987. The number of hydrogen-bond acceptors (Lipinski definition) is 4. The third kappa shape index (κ3) is 3.15. The van der Waals surface area contributed by atoms with Gasteiger partial charge < -0.3 is 9.32 Å². The molecular weight excluding hydrogens is 278 g/mol. The van der Waals surface area contributed by atoms with E-state index < -0.39 is 0 Å². The number of amides is 1. The van der Waals surface area contributed by atoms with Crippen molar-refractivity contribution in [2.75, 3.05) is 19.6 Å². The van der Waals surface area contributed by atoms with E-state index in [0.717, 1.165) is 38.1 Å². The minimum absolute atomic E-state index is 0.0987. The summed E-state index contributed by atoms with van der Waals surface area (Å²) in [4.78, 5) is 13.5. The molecule has 1 aromatic heterocycles. The van der Waals surface area contributed by atoms with Gasteiger partial charge in [-0.15, -0.1) is 0 Å². The summed E-state index contributed by atoms with van der Waals surface area (Å²) < 4.78 is 5.70. The van der Waals surface area contributed by atoms with Gasteiger partial charge in [0.25, 0.3) is 0 Å². The predicted molar refractivity (Wildman–Crippen MR) is 86.3 cm³/mol. The molecule has 0 unspecified atom stereocenters. The zero-order valence-corrected chi connectivity index (χ0v) is 13.0. The lowest BCUT2D eigenvalue weighted by Gasteiger charge is -2.31. The monoisotopic (exact) mass is 301 g/mol. The highest BCUT2D eigenvalue weighted by molar-refractivity contribution is 5.82. The van der Waals surface area contributed by atoms with E-state index in [9.17, 15) is 4.79 Å². The summed E-state index contributed by atoms with van der Waals surface area (Å²) in [6, 6.07) is 6.35. The average molecular weight is 301 g/mol. The first-order valence-electron chi connectivity index (χ1n) is 7.87. The molecule has 0 atom stereocenters. The Morgan fingerprint density at radius 2 is 2.18 bits per heavy atom. The lowest BCUT2D eigenvalue weighted by Crippen LogP contribution is -2.37. The first-order chi connectivity index (χ1) is 10.7. The van der Waals surface area contributed by atoms with Crippen LogP contribution < -0.4 is 11.3 Å². The van der Waals surface area contributed by atoms with Crippen molar-refractivity contribution in [3.8, 4) is 0 Å². The molecule has 0 bridgehead atoms. The van der Waals surface area contributed by atoms with Crippen LogP contribution in [-0.2, 0) is 4.79 Å². The van der Waals surface area contributed by atoms with Gasteiger partial charge in [-0.1, -0.05) is 11.6 Å². The highest BCUT2D eigenvalue weighted by Crippen LogP contribution is 2.34. The van der Waals surface area contributed by atoms with Crippen LogP contribution in [-0.4, -0.2) is 30.4 Å². The second-order valence-electron chi connectivity index (χ2n) is 6.12. The fraction of sp³-hybridized carbons (Fsp3) is 0.471. The molecule has 0 saturated carbocycles. The van der Waals surface area contributed by atoms with Crippen molar-refractivity contribution in [3.05, 3.63) is 35.6 Å². The van der Waals surface area contributed by atoms with Gasteiger partial charge >= 0.3 is 0 Å².